The molecule has 0 aliphatic carbocycles. The van der Waals surface area contributed by atoms with Crippen LogP contribution in [-0.2, 0) is 17.8 Å². The molecule has 3 aromatic rings. The van der Waals surface area contributed by atoms with Crippen molar-refractivity contribution in [1.29, 1.82) is 0 Å². The fraction of sp³-hybridized carbons (Fsp3) is 0.421. The molecule has 1 atom stereocenters. The normalized spacial score (nSPS) is 19.2. The summed E-state index contributed by atoms with van der Waals surface area (Å²) in [7, 11) is 0. The van der Waals surface area contributed by atoms with Crippen molar-refractivity contribution in [1.82, 2.24) is 24.6 Å². The second-order valence-corrected chi connectivity index (χ2v) is 6.55. The number of para-hydroxylation sites is 2. The first kappa shape index (κ1) is 16.2. The van der Waals surface area contributed by atoms with Gasteiger partial charge in [-0.05, 0) is 31.5 Å². The average Bonchev–Trinajstić information content (AvgIpc) is 3.02. The molecule has 1 saturated heterocycles. The minimum atomic E-state index is 0.149. The molecule has 2 aromatic heterocycles. The molecule has 25 heavy (non-hydrogen) atoms. The van der Waals surface area contributed by atoms with E-state index >= 15 is 0 Å². The number of aryl methyl sites for hydroxylation is 1. The van der Waals surface area contributed by atoms with Gasteiger partial charge in [0, 0.05) is 38.6 Å². The summed E-state index contributed by atoms with van der Waals surface area (Å²) in [5, 5.41) is 4.29. The summed E-state index contributed by atoms with van der Waals surface area (Å²) in [6.45, 7) is 6.33. The number of rotatable bonds is 4. The summed E-state index contributed by atoms with van der Waals surface area (Å²) in [6, 6.07) is 10.00. The maximum absolute atomic E-state index is 6.01. The van der Waals surface area contributed by atoms with Crippen molar-refractivity contribution < 1.29 is 4.74 Å². The lowest BCUT2D eigenvalue weighted by atomic mass is 10.2. The maximum atomic E-state index is 6.01. The van der Waals surface area contributed by atoms with Crippen molar-refractivity contribution in [2.75, 3.05) is 19.7 Å². The van der Waals surface area contributed by atoms with Gasteiger partial charge in [0.25, 0.3) is 0 Å². The van der Waals surface area contributed by atoms with Crippen LogP contribution in [0.2, 0.25) is 0 Å². The molecule has 0 saturated carbocycles. The summed E-state index contributed by atoms with van der Waals surface area (Å²) >= 11 is 0. The number of nitrogens with zero attached hydrogens (tertiary/aromatic N) is 5. The molecule has 0 N–H and O–H groups in total. The summed E-state index contributed by atoms with van der Waals surface area (Å²) in [5.41, 5.74) is 3.98. The highest BCUT2D eigenvalue weighted by molar-refractivity contribution is 5.74. The Kier molecular flexibility index (Phi) is 4.72. The number of hydrogen-bond donors (Lipinski definition) is 0. The summed E-state index contributed by atoms with van der Waals surface area (Å²) in [4.78, 5) is 12.0. The molecule has 4 rings (SSSR count). The van der Waals surface area contributed by atoms with Gasteiger partial charge < -0.3 is 4.74 Å². The molecular weight excluding hydrogens is 314 g/mol. The Balaban J connectivity index is 1.49. The molecule has 0 radical (unpaired) electrons. The zero-order chi connectivity index (χ0) is 17.1. The van der Waals surface area contributed by atoms with Gasteiger partial charge in [0.2, 0.25) is 0 Å². The van der Waals surface area contributed by atoms with Gasteiger partial charge in [-0.15, -0.1) is 0 Å². The Morgan fingerprint density at radius 2 is 2.00 bits per heavy atom. The summed E-state index contributed by atoms with van der Waals surface area (Å²) in [6.07, 6.45) is 4.98. The largest absolute Gasteiger partial charge is 0.375 e. The molecule has 0 spiro atoms. The highest BCUT2D eigenvalue weighted by atomic mass is 16.5. The molecule has 1 fully saturated rings. The Morgan fingerprint density at radius 1 is 1.16 bits per heavy atom. The van der Waals surface area contributed by atoms with Crippen LogP contribution < -0.4 is 0 Å². The molecule has 1 aromatic carbocycles. The van der Waals surface area contributed by atoms with Crippen LogP contribution in [0.3, 0.4) is 0 Å². The Bertz CT molecular complexity index is 833. The van der Waals surface area contributed by atoms with E-state index in [1.54, 1.807) is 0 Å². The first-order valence-corrected chi connectivity index (χ1v) is 8.81. The van der Waals surface area contributed by atoms with Gasteiger partial charge in [0.05, 0.1) is 35.1 Å². The molecule has 0 amide bonds. The van der Waals surface area contributed by atoms with Crippen LogP contribution in [-0.4, -0.2) is 50.4 Å². The molecule has 1 aliphatic heterocycles. The zero-order valence-corrected chi connectivity index (χ0v) is 14.5. The molecule has 1 aliphatic rings. The van der Waals surface area contributed by atoms with Gasteiger partial charge in [-0.2, -0.15) is 5.10 Å². The maximum Gasteiger partial charge on any atom is 0.0897 e. The topological polar surface area (TPSA) is 56.1 Å². The van der Waals surface area contributed by atoms with E-state index < -0.39 is 0 Å². The zero-order valence-electron chi connectivity index (χ0n) is 14.5. The van der Waals surface area contributed by atoms with Gasteiger partial charge in [0.1, 0.15) is 0 Å². The van der Waals surface area contributed by atoms with E-state index in [-0.39, 0.29) is 6.10 Å². The van der Waals surface area contributed by atoms with Crippen LogP contribution in [0.15, 0.2) is 42.7 Å². The smallest absolute Gasteiger partial charge is 0.0897 e. The third-order valence-corrected chi connectivity index (χ3v) is 4.60. The highest BCUT2D eigenvalue weighted by Crippen LogP contribution is 2.16. The van der Waals surface area contributed by atoms with Crippen LogP contribution >= 0.6 is 0 Å². The number of benzene rings is 1. The minimum Gasteiger partial charge on any atom is -0.375 e. The van der Waals surface area contributed by atoms with Gasteiger partial charge in [0.15, 0.2) is 0 Å². The average molecular weight is 337 g/mol. The number of hydrogen-bond acceptors (Lipinski definition) is 5. The van der Waals surface area contributed by atoms with Crippen LogP contribution in [0.1, 0.15) is 17.8 Å². The lowest BCUT2D eigenvalue weighted by Gasteiger charge is -2.24. The first-order valence-electron chi connectivity index (χ1n) is 8.81. The van der Waals surface area contributed by atoms with Crippen molar-refractivity contribution in [3.05, 3.63) is 54.1 Å². The second kappa shape index (κ2) is 7.29. The molecule has 6 nitrogen and oxygen atoms in total. The Hall–Kier alpha value is -2.31. The Labute approximate surface area is 147 Å². The van der Waals surface area contributed by atoms with Gasteiger partial charge in [-0.25, -0.2) is 9.97 Å². The van der Waals surface area contributed by atoms with Gasteiger partial charge in [-0.1, -0.05) is 12.1 Å². The predicted molar refractivity (Wildman–Crippen MR) is 96.1 cm³/mol. The molecular formula is C19H23N5O. The van der Waals surface area contributed by atoms with E-state index in [0.717, 1.165) is 61.6 Å². The Morgan fingerprint density at radius 3 is 2.80 bits per heavy atom. The first-order chi connectivity index (χ1) is 12.3. The lowest BCUT2D eigenvalue weighted by Crippen LogP contribution is -2.34. The van der Waals surface area contributed by atoms with Crippen molar-refractivity contribution in [3.8, 4) is 0 Å². The fourth-order valence-corrected chi connectivity index (χ4v) is 3.33. The predicted octanol–water partition coefficient (Wildman–Crippen LogP) is 2.43. The third-order valence-electron chi connectivity index (χ3n) is 4.60. The van der Waals surface area contributed by atoms with Gasteiger partial charge in [-0.3, -0.25) is 9.58 Å². The van der Waals surface area contributed by atoms with E-state index in [1.165, 1.54) is 0 Å². The van der Waals surface area contributed by atoms with E-state index in [2.05, 4.69) is 10.00 Å². The van der Waals surface area contributed by atoms with Crippen LogP contribution in [0, 0.1) is 6.92 Å². The van der Waals surface area contributed by atoms with Crippen molar-refractivity contribution in [3.63, 3.8) is 0 Å². The van der Waals surface area contributed by atoms with E-state index in [9.17, 15) is 0 Å². The number of ether oxygens (including phenoxy) is 1. The molecule has 6 heteroatoms. The molecule has 3 heterocycles. The van der Waals surface area contributed by atoms with Crippen LogP contribution in [0.5, 0.6) is 0 Å². The number of aromatic nitrogens is 4. The monoisotopic (exact) mass is 337 g/mol. The van der Waals surface area contributed by atoms with Crippen LogP contribution in [0.25, 0.3) is 11.0 Å². The third kappa shape index (κ3) is 3.86. The lowest BCUT2D eigenvalue weighted by molar-refractivity contribution is 0.0389. The van der Waals surface area contributed by atoms with Crippen LogP contribution in [0.4, 0.5) is 0 Å². The molecule has 0 bridgehead atoms. The van der Waals surface area contributed by atoms with Crippen molar-refractivity contribution >= 4 is 11.0 Å². The quantitative estimate of drug-likeness (QED) is 0.732. The van der Waals surface area contributed by atoms with Crippen molar-refractivity contribution in [2.45, 2.75) is 32.5 Å². The molecule has 130 valence electrons. The second-order valence-electron chi connectivity index (χ2n) is 6.55. The van der Waals surface area contributed by atoms with E-state index in [4.69, 9.17) is 14.7 Å². The summed E-state index contributed by atoms with van der Waals surface area (Å²) in [5.74, 6) is 0. The fourth-order valence-electron chi connectivity index (χ4n) is 3.33. The summed E-state index contributed by atoms with van der Waals surface area (Å²) < 4.78 is 7.95. The standard InChI is InChI=1S/C19H23N5O/c1-15-19(22-18-7-3-2-6-17(18)21-15)14-23-9-5-11-25-16(12-23)13-24-10-4-8-20-24/h2-4,6-8,10,16H,5,9,11-14H2,1H3/t16-/m0/s1. The van der Waals surface area contributed by atoms with E-state index in [0.29, 0.717) is 0 Å². The van der Waals surface area contributed by atoms with Gasteiger partial charge >= 0.3 is 0 Å². The SMILES string of the molecule is Cc1nc2ccccc2nc1CN1CCCO[C@H](Cn2cccn2)C1. The van der Waals surface area contributed by atoms with Crippen molar-refractivity contribution in [2.24, 2.45) is 0 Å². The minimum absolute atomic E-state index is 0.149. The highest BCUT2D eigenvalue weighted by Gasteiger charge is 2.20. The number of fused-ring (bicyclic) bond motifs is 1. The molecule has 0 unspecified atom stereocenters. The van der Waals surface area contributed by atoms with E-state index in [1.807, 2.05) is 54.3 Å².